The predicted octanol–water partition coefficient (Wildman–Crippen LogP) is 0.748. The molecule has 0 aliphatic rings. The van der Waals surface area contributed by atoms with Gasteiger partial charge in [-0.1, -0.05) is 0 Å². The number of nitrogens with zero attached hydrogens (tertiary/aromatic N) is 3. The Kier molecular flexibility index (Phi) is 3.94. The van der Waals surface area contributed by atoms with E-state index in [1.54, 1.807) is 6.07 Å². The molecule has 0 amide bonds. The van der Waals surface area contributed by atoms with Gasteiger partial charge in [-0.15, -0.1) is 0 Å². The van der Waals surface area contributed by atoms with Crippen molar-refractivity contribution >= 4 is 17.5 Å². The van der Waals surface area contributed by atoms with Gasteiger partial charge >= 0.3 is 11.7 Å². The predicted molar refractivity (Wildman–Crippen MR) is 56.3 cm³/mol. The number of carbonyl (C=O) groups is 1. The van der Waals surface area contributed by atoms with Crippen molar-refractivity contribution in [3.63, 3.8) is 0 Å². The zero-order chi connectivity index (χ0) is 12.8. The maximum atomic E-state index is 10.8. The lowest BCUT2D eigenvalue weighted by atomic mass is 10.2. The minimum atomic E-state index is -1.03. The van der Waals surface area contributed by atoms with Gasteiger partial charge in [0.2, 0.25) is 5.82 Å². The Balaban J connectivity index is 2.95. The van der Waals surface area contributed by atoms with Crippen molar-refractivity contribution in [1.82, 2.24) is 4.98 Å². The molecule has 8 heteroatoms. The van der Waals surface area contributed by atoms with Gasteiger partial charge in [-0.3, -0.25) is 14.9 Å². The number of aliphatic carboxylic acids is 1. The number of nitrogens with one attached hydrogen (secondary N) is 1. The number of rotatable bonds is 5. The van der Waals surface area contributed by atoms with E-state index < -0.39 is 16.6 Å². The molecule has 1 aromatic rings. The van der Waals surface area contributed by atoms with Gasteiger partial charge < -0.3 is 10.4 Å². The van der Waals surface area contributed by atoms with Gasteiger partial charge in [-0.05, 0) is 6.07 Å². The van der Waals surface area contributed by atoms with Gasteiger partial charge in [0.25, 0.3) is 0 Å². The van der Waals surface area contributed by atoms with E-state index in [1.165, 1.54) is 12.3 Å². The van der Waals surface area contributed by atoms with Crippen LogP contribution in [0.5, 0.6) is 0 Å². The zero-order valence-electron chi connectivity index (χ0n) is 8.58. The zero-order valence-corrected chi connectivity index (χ0v) is 8.58. The van der Waals surface area contributed by atoms with Gasteiger partial charge in [-0.2, -0.15) is 5.26 Å². The number of pyridine rings is 1. The first-order valence-corrected chi connectivity index (χ1v) is 4.55. The highest BCUT2D eigenvalue weighted by Crippen LogP contribution is 2.25. The molecule has 0 unspecified atom stereocenters. The number of carboxylic acids is 1. The molecule has 0 spiro atoms. The summed E-state index contributed by atoms with van der Waals surface area (Å²) in [5, 5.41) is 30.4. The van der Waals surface area contributed by atoms with Crippen LogP contribution in [0.2, 0.25) is 0 Å². The fourth-order valence-electron chi connectivity index (χ4n) is 1.15. The molecule has 1 heterocycles. The van der Waals surface area contributed by atoms with Gasteiger partial charge in [0.1, 0.15) is 11.6 Å². The highest BCUT2D eigenvalue weighted by Gasteiger charge is 2.20. The fourth-order valence-corrected chi connectivity index (χ4v) is 1.15. The second-order valence-electron chi connectivity index (χ2n) is 3.00. The summed E-state index contributed by atoms with van der Waals surface area (Å²) in [4.78, 5) is 24.0. The average Bonchev–Trinajstić information content (AvgIpc) is 2.27. The van der Waals surface area contributed by atoms with Crippen molar-refractivity contribution in [3.8, 4) is 6.07 Å². The Labute approximate surface area is 95.7 Å². The Morgan fingerprint density at radius 1 is 1.71 bits per heavy atom. The van der Waals surface area contributed by atoms with E-state index in [0.717, 1.165) is 0 Å². The summed E-state index contributed by atoms with van der Waals surface area (Å²) in [7, 11) is 0. The van der Waals surface area contributed by atoms with E-state index in [0.29, 0.717) is 0 Å². The Morgan fingerprint density at radius 2 is 2.41 bits per heavy atom. The first-order chi connectivity index (χ1) is 8.06. The number of hydrogen-bond donors (Lipinski definition) is 2. The van der Waals surface area contributed by atoms with Gasteiger partial charge in [0.05, 0.1) is 11.3 Å². The summed E-state index contributed by atoms with van der Waals surface area (Å²) in [6.45, 7) is -0.00193. The molecular weight excluding hydrogens is 228 g/mol. The number of nitriles is 1. The Bertz CT molecular complexity index is 494. The average molecular weight is 236 g/mol. The number of anilines is 1. The molecule has 0 atom stereocenters. The van der Waals surface area contributed by atoms with Crippen LogP contribution in [0, 0.1) is 21.4 Å². The highest BCUT2D eigenvalue weighted by molar-refractivity contribution is 5.68. The van der Waals surface area contributed by atoms with Crippen LogP contribution in [0.25, 0.3) is 0 Å². The lowest BCUT2D eigenvalue weighted by molar-refractivity contribution is -0.384. The fraction of sp³-hybridized carbons (Fsp3) is 0.222. The van der Waals surface area contributed by atoms with E-state index in [-0.39, 0.29) is 24.3 Å². The molecule has 0 bridgehead atoms. The molecule has 8 nitrogen and oxygen atoms in total. The summed E-state index contributed by atoms with van der Waals surface area (Å²) in [5.41, 5.74) is -0.566. The molecule has 1 aromatic heterocycles. The summed E-state index contributed by atoms with van der Waals surface area (Å²) in [6, 6.07) is 2.90. The monoisotopic (exact) mass is 236 g/mol. The summed E-state index contributed by atoms with van der Waals surface area (Å²) < 4.78 is 0. The van der Waals surface area contributed by atoms with E-state index >= 15 is 0 Å². The normalized spacial score (nSPS) is 9.35. The largest absolute Gasteiger partial charge is 0.481 e. The standard InChI is InChI=1S/C9H8N4O4/c10-5-6-1-3-11-9(8(6)13(16)17)12-4-2-7(14)15/h1,3H,2,4H2,(H,11,12)(H,14,15). The third kappa shape index (κ3) is 3.13. The van der Waals surface area contributed by atoms with Gasteiger partial charge in [-0.25, -0.2) is 4.98 Å². The van der Waals surface area contributed by atoms with E-state index in [4.69, 9.17) is 10.4 Å². The van der Waals surface area contributed by atoms with Crippen molar-refractivity contribution in [2.75, 3.05) is 11.9 Å². The third-order valence-electron chi connectivity index (χ3n) is 1.86. The Morgan fingerprint density at radius 3 is 2.94 bits per heavy atom. The second-order valence-corrected chi connectivity index (χ2v) is 3.00. The van der Waals surface area contributed by atoms with Crippen LogP contribution in [0.4, 0.5) is 11.5 Å². The maximum absolute atomic E-state index is 10.8. The molecule has 0 saturated carbocycles. The SMILES string of the molecule is N#Cc1ccnc(NCCC(=O)O)c1[N+](=O)[O-]. The van der Waals surface area contributed by atoms with Crippen molar-refractivity contribution in [2.45, 2.75) is 6.42 Å². The summed E-state index contributed by atoms with van der Waals surface area (Å²) in [5.74, 6) is -1.13. The lowest BCUT2D eigenvalue weighted by Gasteiger charge is -2.04. The number of hydrogen-bond acceptors (Lipinski definition) is 6. The molecule has 2 N–H and O–H groups in total. The molecule has 0 aliphatic heterocycles. The topological polar surface area (TPSA) is 129 Å². The molecule has 17 heavy (non-hydrogen) atoms. The van der Waals surface area contributed by atoms with Crippen molar-refractivity contribution < 1.29 is 14.8 Å². The van der Waals surface area contributed by atoms with E-state index in [2.05, 4.69) is 10.3 Å². The number of aromatic nitrogens is 1. The molecule has 0 aromatic carbocycles. The van der Waals surface area contributed by atoms with Crippen molar-refractivity contribution in [3.05, 3.63) is 27.9 Å². The molecular formula is C9H8N4O4. The van der Waals surface area contributed by atoms with Crippen LogP contribution >= 0.6 is 0 Å². The van der Waals surface area contributed by atoms with Crippen molar-refractivity contribution in [2.24, 2.45) is 0 Å². The molecule has 0 fully saturated rings. The minimum absolute atomic E-state index is 0.00193. The minimum Gasteiger partial charge on any atom is -0.481 e. The smallest absolute Gasteiger partial charge is 0.328 e. The van der Waals surface area contributed by atoms with Crippen LogP contribution in [0.3, 0.4) is 0 Å². The quantitative estimate of drug-likeness (QED) is 0.569. The molecule has 0 saturated heterocycles. The highest BCUT2D eigenvalue weighted by atomic mass is 16.6. The summed E-state index contributed by atoms with van der Waals surface area (Å²) >= 11 is 0. The molecule has 1 rings (SSSR count). The first kappa shape index (κ1) is 12.4. The lowest BCUT2D eigenvalue weighted by Crippen LogP contribution is -2.10. The molecule has 0 aliphatic carbocycles. The van der Waals surface area contributed by atoms with Crippen LogP contribution < -0.4 is 5.32 Å². The van der Waals surface area contributed by atoms with E-state index in [1.807, 2.05) is 0 Å². The van der Waals surface area contributed by atoms with Crippen molar-refractivity contribution in [1.29, 1.82) is 5.26 Å². The van der Waals surface area contributed by atoms with E-state index in [9.17, 15) is 14.9 Å². The van der Waals surface area contributed by atoms with Gasteiger partial charge in [0, 0.05) is 12.7 Å². The van der Waals surface area contributed by atoms with Crippen LogP contribution in [-0.4, -0.2) is 27.5 Å². The van der Waals surface area contributed by atoms with Gasteiger partial charge in [0.15, 0.2) is 0 Å². The summed E-state index contributed by atoms with van der Waals surface area (Å²) in [6.07, 6.45) is 1.05. The third-order valence-corrected chi connectivity index (χ3v) is 1.86. The number of nitro groups is 1. The molecule has 88 valence electrons. The van der Waals surface area contributed by atoms with Crippen LogP contribution in [-0.2, 0) is 4.79 Å². The maximum Gasteiger partial charge on any atom is 0.328 e. The first-order valence-electron chi connectivity index (χ1n) is 4.55. The molecule has 0 radical (unpaired) electrons. The van der Waals surface area contributed by atoms with Crippen LogP contribution in [0.15, 0.2) is 12.3 Å². The number of carboxylic acid groups (broad SMARTS) is 1. The second kappa shape index (κ2) is 5.41. The Hall–Kier alpha value is -2.69. The van der Waals surface area contributed by atoms with Crippen LogP contribution in [0.1, 0.15) is 12.0 Å².